The molecule has 8 heteroatoms. The molecule has 1 aromatic carbocycles. The molecule has 0 atom stereocenters. The largest absolute Gasteiger partial charge is 0.403 e. The minimum Gasteiger partial charge on any atom is -0.403 e. The molecule has 0 aliphatic heterocycles. The predicted molar refractivity (Wildman–Crippen MR) is 116 cm³/mol. The molecule has 1 aromatic heterocycles. The van der Waals surface area contributed by atoms with E-state index in [0.29, 0.717) is 12.2 Å². The molecule has 1 aliphatic rings. The molecule has 0 bridgehead atoms. The number of carbonyl (C=O) groups excluding carboxylic acids is 1. The number of amides is 1. The van der Waals surface area contributed by atoms with Gasteiger partial charge in [-0.1, -0.05) is 38.2 Å². The van der Waals surface area contributed by atoms with Gasteiger partial charge >= 0.3 is 6.01 Å². The quantitative estimate of drug-likeness (QED) is 0.552. The van der Waals surface area contributed by atoms with Crippen molar-refractivity contribution in [3.05, 3.63) is 24.0 Å². The van der Waals surface area contributed by atoms with Crippen LogP contribution < -0.4 is 10.6 Å². The molecule has 0 spiro atoms. The topological polar surface area (TPSA) is 83.3 Å². The summed E-state index contributed by atoms with van der Waals surface area (Å²) in [5.41, 5.74) is 0.662. The fourth-order valence-corrected chi connectivity index (χ4v) is 3.82. The second kappa shape index (κ2) is 11.1. The smallest absolute Gasteiger partial charge is 0.315 e. The maximum Gasteiger partial charge on any atom is 0.315 e. The molecule has 1 fully saturated rings. The molecule has 1 saturated carbocycles. The summed E-state index contributed by atoms with van der Waals surface area (Å²) >= 11 is 0. The maximum atomic E-state index is 14.6. The lowest BCUT2D eigenvalue weighted by atomic mass is 9.88. The van der Waals surface area contributed by atoms with E-state index in [1.54, 1.807) is 12.1 Å². The average Bonchev–Trinajstić information content (AvgIpc) is 3.23. The van der Waals surface area contributed by atoms with Gasteiger partial charge in [0, 0.05) is 18.2 Å². The second-order valence-electron chi connectivity index (χ2n) is 7.74. The lowest BCUT2D eigenvalue weighted by Gasteiger charge is -2.20. The van der Waals surface area contributed by atoms with E-state index in [-0.39, 0.29) is 29.3 Å². The van der Waals surface area contributed by atoms with Crippen molar-refractivity contribution < 1.29 is 13.6 Å². The van der Waals surface area contributed by atoms with Gasteiger partial charge in [0.05, 0.1) is 5.56 Å². The molecule has 2 aromatic rings. The first-order valence-electron chi connectivity index (χ1n) is 11.0. The first-order chi connectivity index (χ1) is 14.6. The van der Waals surface area contributed by atoms with Crippen molar-refractivity contribution in [1.29, 1.82) is 0 Å². The van der Waals surface area contributed by atoms with Gasteiger partial charge in [0.1, 0.15) is 5.82 Å². The summed E-state index contributed by atoms with van der Waals surface area (Å²) in [4.78, 5) is 14.7. The Bertz CT molecular complexity index is 816. The van der Waals surface area contributed by atoms with Crippen LogP contribution in [0, 0.1) is 11.7 Å². The summed E-state index contributed by atoms with van der Waals surface area (Å²) < 4.78 is 20.2. The fourth-order valence-electron chi connectivity index (χ4n) is 3.82. The lowest BCUT2D eigenvalue weighted by Crippen LogP contribution is -2.25. The van der Waals surface area contributed by atoms with Crippen LogP contribution in [-0.2, 0) is 4.79 Å². The highest BCUT2D eigenvalue weighted by atomic mass is 19.1. The van der Waals surface area contributed by atoms with Crippen molar-refractivity contribution in [3.8, 4) is 11.5 Å². The average molecular weight is 418 g/mol. The van der Waals surface area contributed by atoms with Gasteiger partial charge in [-0.3, -0.25) is 4.79 Å². The molecule has 0 unspecified atom stereocenters. The van der Waals surface area contributed by atoms with Gasteiger partial charge in [-0.2, -0.15) is 0 Å². The van der Waals surface area contributed by atoms with Gasteiger partial charge in [0.25, 0.3) is 5.89 Å². The standard InChI is InChI=1S/C22H32FN5O2/c1-3-28(4-2)14-8-13-24-22-27-26-21(30-22)18-12-11-17(15-19(18)23)25-20(29)16-9-6-5-7-10-16/h11-12,15-16H,3-10,13-14H2,1-2H3,(H,24,27)(H,25,29). The third-order valence-electron chi connectivity index (χ3n) is 5.69. The van der Waals surface area contributed by atoms with E-state index < -0.39 is 5.82 Å². The number of halogens is 1. The van der Waals surface area contributed by atoms with E-state index in [4.69, 9.17) is 4.42 Å². The lowest BCUT2D eigenvalue weighted by molar-refractivity contribution is -0.120. The van der Waals surface area contributed by atoms with Crippen LogP contribution in [0.25, 0.3) is 11.5 Å². The van der Waals surface area contributed by atoms with E-state index in [9.17, 15) is 9.18 Å². The minimum absolute atomic E-state index is 0.0211. The Kier molecular flexibility index (Phi) is 8.19. The van der Waals surface area contributed by atoms with Crippen LogP contribution >= 0.6 is 0 Å². The van der Waals surface area contributed by atoms with E-state index in [1.165, 1.54) is 12.5 Å². The molecular formula is C22H32FN5O2. The molecule has 0 radical (unpaired) electrons. The van der Waals surface area contributed by atoms with Crippen LogP contribution in [0.5, 0.6) is 0 Å². The molecule has 2 N–H and O–H groups in total. The Hall–Kier alpha value is -2.48. The van der Waals surface area contributed by atoms with E-state index >= 15 is 0 Å². The van der Waals surface area contributed by atoms with Crippen LogP contribution in [0.4, 0.5) is 16.1 Å². The van der Waals surface area contributed by atoms with Gasteiger partial charge < -0.3 is 20.0 Å². The van der Waals surface area contributed by atoms with Crippen molar-refractivity contribution >= 4 is 17.6 Å². The molecule has 1 heterocycles. The van der Waals surface area contributed by atoms with Gasteiger partial charge in [0.2, 0.25) is 5.91 Å². The third kappa shape index (κ3) is 6.01. The minimum atomic E-state index is -0.506. The fraction of sp³-hybridized carbons (Fsp3) is 0.591. The summed E-state index contributed by atoms with van der Waals surface area (Å²) in [6.07, 6.45) is 6.09. The number of nitrogens with zero attached hydrogens (tertiary/aromatic N) is 3. The Morgan fingerprint density at radius 3 is 2.67 bits per heavy atom. The number of hydrogen-bond acceptors (Lipinski definition) is 6. The zero-order valence-corrected chi connectivity index (χ0v) is 17.9. The van der Waals surface area contributed by atoms with Crippen LogP contribution in [0.15, 0.2) is 22.6 Å². The number of hydrogen-bond donors (Lipinski definition) is 2. The molecule has 3 rings (SSSR count). The number of rotatable bonds is 10. The highest BCUT2D eigenvalue weighted by molar-refractivity contribution is 5.92. The Balaban J connectivity index is 1.54. The highest BCUT2D eigenvalue weighted by Gasteiger charge is 2.21. The molecular weight excluding hydrogens is 385 g/mol. The Morgan fingerprint density at radius 1 is 1.20 bits per heavy atom. The van der Waals surface area contributed by atoms with Crippen molar-refractivity contribution in [2.24, 2.45) is 5.92 Å². The number of carbonyl (C=O) groups is 1. The van der Waals surface area contributed by atoms with E-state index in [0.717, 1.165) is 51.7 Å². The van der Waals surface area contributed by atoms with Gasteiger partial charge in [0.15, 0.2) is 0 Å². The molecule has 1 aliphatic carbocycles. The summed E-state index contributed by atoms with van der Waals surface area (Å²) in [6, 6.07) is 4.81. The normalized spacial score (nSPS) is 14.8. The number of anilines is 2. The van der Waals surface area contributed by atoms with Crippen molar-refractivity contribution in [1.82, 2.24) is 15.1 Å². The highest BCUT2D eigenvalue weighted by Crippen LogP contribution is 2.28. The molecule has 0 saturated heterocycles. The molecule has 30 heavy (non-hydrogen) atoms. The zero-order valence-electron chi connectivity index (χ0n) is 17.9. The van der Waals surface area contributed by atoms with Crippen molar-refractivity contribution in [2.45, 2.75) is 52.4 Å². The van der Waals surface area contributed by atoms with Gasteiger partial charge in [-0.25, -0.2) is 4.39 Å². The summed E-state index contributed by atoms with van der Waals surface area (Å²) in [7, 11) is 0. The summed E-state index contributed by atoms with van der Waals surface area (Å²) in [5, 5.41) is 13.8. The Morgan fingerprint density at radius 2 is 1.97 bits per heavy atom. The molecule has 7 nitrogen and oxygen atoms in total. The first-order valence-corrected chi connectivity index (χ1v) is 11.0. The first kappa shape index (κ1) is 22.2. The van der Waals surface area contributed by atoms with Gasteiger partial charge in [-0.15, -0.1) is 5.10 Å². The second-order valence-corrected chi connectivity index (χ2v) is 7.74. The maximum absolute atomic E-state index is 14.6. The van der Waals surface area contributed by atoms with Gasteiger partial charge in [-0.05, 0) is 57.1 Å². The van der Waals surface area contributed by atoms with Crippen molar-refractivity contribution in [3.63, 3.8) is 0 Å². The monoisotopic (exact) mass is 417 g/mol. The van der Waals surface area contributed by atoms with Crippen molar-refractivity contribution in [2.75, 3.05) is 36.8 Å². The van der Waals surface area contributed by atoms with E-state index in [2.05, 4.69) is 39.6 Å². The third-order valence-corrected chi connectivity index (χ3v) is 5.69. The predicted octanol–water partition coefficient (Wildman–Crippen LogP) is 4.54. The van der Waals surface area contributed by atoms with Crippen LogP contribution in [0.2, 0.25) is 0 Å². The Labute approximate surface area is 177 Å². The summed E-state index contributed by atoms with van der Waals surface area (Å²) in [6.45, 7) is 8.02. The number of benzene rings is 1. The van der Waals surface area contributed by atoms with Crippen LogP contribution in [-0.4, -0.2) is 47.2 Å². The zero-order chi connectivity index (χ0) is 21.3. The van der Waals surface area contributed by atoms with E-state index in [1.807, 2.05) is 0 Å². The summed E-state index contributed by atoms with van der Waals surface area (Å²) in [5.74, 6) is -0.402. The molecule has 164 valence electrons. The number of aromatic nitrogens is 2. The van der Waals surface area contributed by atoms with Crippen LogP contribution in [0.3, 0.4) is 0 Å². The molecule has 1 amide bonds. The van der Waals surface area contributed by atoms with Crippen LogP contribution in [0.1, 0.15) is 52.4 Å². The number of nitrogens with one attached hydrogen (secondary N) is 2. The SMILES string of the molecule is CCN(CC)CCCNc1nnc(-c2ccc(NC(=O)C3CCCCC3)cc2F)o1.